The molecule has 8 aliphatic rings. The van der Waals surface area contributed by atoms with E-state index in [1.165, 1.54) is 6.92 Å². The third-order valence-corrected chi connectivity index (χ3v) is 16.4. The fraction of sp³-hybridized carbons (Fsp3) is 0.973. The van der Waals surface area contributed by atoms with Crippen molar-refractivity contribution in [3.63, 3.8) is 0 Å². The van der Waals surface area contributed by atoms with E-state index < -0.39 is 47.7 Å². The molecule has 0 aromatic heterocycles. The molecule has 0 aromatic carbocycles. The lowest BCUT2D eigenvalue weighted by Gasteiger charge is -2.64. The Balaban J connectivity index is 1.13. The van der Waals surface area contributed by atoms with Crippen LogP contribution in [-0.4, -0.2) is 92.9 Å². The van der Waals surface area contributed by atoms with E-state index >= 15 is 0 Å². The first kappa shape index (κ1) is 33.3. The monoisotopic (exact) mass is 662 g/mol. The van der Waals surface area contributed by atoms with Crippen LogP contribution in [0.3, 0.4) is 0 Å². The lowest BCUT2D eigenvalue weighted by Crippen LogP contribution is -2.63. The van der Waals surface area contributed by atoms with Crippen LogP contribution in [0.25, 0.3) is 0 Å². The Morgan fingerprint density at radius 1 is 0.872 bits per heavy atom. The molecular weight excluding hydrogens is 604 g/mol. The molecule has 1 unspecified atom stereocenters. The van der Waals surface area contributed by atoms with E-state index in [1.54, 1.807) is 13.8 Å². The number of ether oxygens (including phenoxy) is 5. The molecule has 3 aliphatic heterocycles. The molecule has 10 heteroatoms. The molecule has 10 nitrogen and oxygen atoms in total. The summed E-state index contributed by atoms with van der Waals surface area (Å²) >= 11 is 0. The predicted molar refractivity (Wildman–Crippen MR) is 168 cm³/mol. The molecule has 3 heterocycles. The molecule has 16 atom stereocenters. The summed E-state index contributed by atoms with van der Waals surface area (Å²) < 4.78 is 32.5. The first-order valence-corrected chi connectivity index (χ1v) is 18.3. The largest absolute Gasteiger partial charge is 0.459 e. The summed E-state index contributed by atoms with van der Waals surface area (Å²) in [6, 6.07) is 0. The Kier molecular flexibility index (Phi) is 6.89. The van der Waals surface area contributed by atoms with Gasteiger partial charge in [-0.25, -0.2) is 0 Å². The van der Waals surface area contributed by atoms with E-state index in [4.69, 9.17) is 23.7 Å². The Hall–Kier alpha value is -0.850. The van der Waals surface area contributed by atoms with E-state index in [1.807, 2.05) is 0 Å². The highest BCUT2D eigenvalue weighted by atomic mass is 16.7. The van der Waals surface area contributed by atoms with Crippen molar-refractivity contribution in [1.29, 1.82) is 0 Å². The van der Waals surface area contributed by atoms with Crippen molar-refractivity contribution in [2.75, 3.05) is 6.61 Å². The highest BCUT2D eigenvalue weighted by Gasteiger charge is 2.87. The fourth-order valence-corrected chi connectivity index (χ4v) is 14.2. The maximum Gasteiger partial charge on any atom is 0.303 e. The van der Waals surface area contributed by atoms with Crippen LogP contribution in [0.15, 0.2) is 0 Å². The van der Waals surface area contributed by atoms with Crippen LogP contribution < -0.4 is 0 Å². The van der Waals surface area contributed by atoms with Crippen molar-refractivity contribution >= 4 is 5.97 Å². The maximum atomic E-state index is 12.9. The zero-order chi connectivity index (χ0) is 34.0. The van der Waals surface area contributed by atoms with E-state index in [-0.39, 0.29) is 57.8 Å². The topological polar surface area (TPSA) is 144 Å². The van der Waals surface area contributed by atoms with Crippen molar-refractivity contribution < 1.29 is 48.9 Å². The molecular formula is C37H58O10. The third-order valence-electron chi connectivity index (χ3n) is 16.4. The second kappa shape index (κ2) is 9.72. The van der Waals surface area contributed by atoms with Gasteiger partial charge in [0, 0.05) is 24.7 Å². The number of carbonyl (C=O) groups is 1. The molecule has 0 aromatic rings. The van der Waals surface area contributed by atoms with Crippen LogP contribution in [0.1, 0.15) is 113 Å². The van der Waals surface area contributed by atoms with Crippen LogP contribution in [0.5, 0.6) is 0 Å². The van der Waals surface area contributed by atoms with Crippen LogP contribution in [0.4, 0.5) is 0 Å². The second-order valence-electron chi connectivity index (χ2n) is 18.9. The van der Waals surface area contributed by atoms with Gasteiger partial charge in [0.05, 0.1) is 18.3 Å². The van der Waals surface area contributed by atoms with Gasteiger partial charge in [-0.2, -0.15) is 0 Å². The van der Waals surface area contributed by atoms with Gasteiger partial charge in [0.15, 0.2) is 12.1 Å². The van der Waals surface area contributed by atoms with Gasteiger partial charge in [-0.1, -0.05) is 27.7 Å². The van der Waals surface area contributed by atoms with Crippen LogP contribution in [-0.2, 0) is 28.5 Å². The molecule has 8 rings (SSSR count). The predicted octanol–water partition coefficient (Wildman–Crippen LogP) is 3.84. The summed E-state index contributed by atoms with van der Waals surface area (Å²) in [7, 11) is 0. The number of hydrogen-bond acceptors (Lipinski definition) is 10. The maximum absolute atomic E-state index is 12.9. The van der Waals surface area contributed by atoms with Gasteiger partial charge >= 0.3 is 5.97 Å². The van der Waals surface area contributed by atoms with Gasteiger partial charge in [-0.3, -0.25) is 4.79 Å². The molecule has 4 N–H and O–H groups in total. The first-order chi connectivity index (χ1) is 21.7. The average Bonchev–Trinajstić information content (AvgIpc) is 3.49. The van der Waals surface area contributed by atoms with E-state index in [2.05, 4.69) is 34.6 Å². The van der Waals surface area contributed by atoms with Gasteiger partial charge in [-0.05, 0) is 106 Å². The number of hydrogen-bond donors (Lipinski definition) is 4. The second-order valence-corrected chi connectivity index (χ2v) is 18.9. The minimum Gasteiger partial charge on any atom is -0.459 e. The number of aliphatic hydroxyl groups is 4. The van der Waals surface area contributed by atoms with Crippen molar-refractivity contribution in [2.45, 2.75) is 173 Å². The van der Waals surface area contributed by atoms with Gasteiger partial charge < -0.3 is 44.1 Å². The van der Waals surface area contributed by atoms with Gasteiger partial charge in [0.25, 0.3) is 0 Å². The Bertz CT molecular complexity index is 1330. The van der Waals surface area contributed by atoms with Gasteiger partial charge in [-0.15, -0.1) is 0 Å². The minimum absolute atomic E-state index is 0.0310. The van der Waals surface area contributed by atoms with Crippen LogP contribution in [0, 0.1) is 44.8 Å². The normalized spacial score (nSPS) is 58.8. The number of carbonyl (C=O) groups excluding carboxylic acids is 1. The molecule has 266 valence electrons. The molecule has 5 aliphatic carbocycles. The molecule has 47 heavy (non-hydrogen) atoms. The first-order valence-electron chi connectivity index (χ1n) is 18.3. The summed E-state index contributed by atoms with van der Waals surface area (Å²) in [5.41, 5.74) is -2.14. The van der Waals surface area contributed by atoms with E-state index in [0.29, 0.717) is 18.3 Å². The average molecular weight is 663 g/mol. The van der Waals surface area contributed by atoms with Gasteiger partial charge in [0.2, 0.25) is 0 Å². The number of rotatable bonds is 4. The quantitative estimate of drug-likeness (QED) is 0.259. The third kappa shape index (κ3) is 3.88. The standard InChI is InChI=1S/C37H58O10/c1-19(38)44-28-26-27(33(7)14-16-37(46-26,47-33)31(4,5)42)32(6)13-15-36-18-35(36)12-11-23(45-29-25(41)24(40)20(39)17-43-29)30(2,3)21(35)9-10-22(36)34(28,32)8/h20-29,39-42H,9-18H2,1-8H3/t20-,21+,22+,23+,24+,25-,26-,27?,28+,29+,32-,33+,34-,35-,36+,37+/m1/s1. The lowest BCUT2D eigenvalue weighted by atomic mass is 9.41. The summed E-state index contributed by atoms with van der Waals surface area (Å²) in [5, 5.41) is 42.3. The van der Waals surface area contributed by atoms with E-state index in [0.717, 1.165) is 51.4 Å². The van der Waals surface area contributed by atoms with Crippen molar-refractivity contribution in [2.24, 2.45) is 44.8 Å². The van der Waals surface area contributed by atoms with Crippen molar-refractivity contribution in [1.82, 2.24) is 0 Å². The highest BCUT2D eigenvalue weighted by Crippen LogP contribution is 2.90. The molecule has 8 fully saturated rings. The molecule has 3 saturated heterocycles. The molecule has 0 amide bonds. The molecule has 0 radical (unpaired) electrons. The van der Waals surface area contributed by atoms with Gasteiger partial charge in [0.1, 0.15) is 36.1 Å². The molecule has 5 saturated carbocycles. The lowest BCUT2D eigenvalue weighted by molar-refractivity contribution is -0.388. The summed E-state index contributed by atoms with van der Waals surface area (Å²) in [6.07, 6.45) is 2.97. The Labute approximate surface area is 279 Å². The molecule has 2 bridgehead atoms. The van der Waals surface area contributed by atoms with Crippen LogP contribution >= 0.6 is 0 Å². The number of esters is 1. The zero-order valence-corrected chi connectivity index (χ0v) is 29.6. The number of aliphatic hydroxyl groups excluding tert-OH is 3. The SMILES string of the molecule is CC(=O)O[C@H]1[C@@H]2O[C@@]3(C(C)(C)O)CC[C@](C)(O3)C2[C@@]2(C)CC[C@@]34C[C@@]35CC[C@H](O[C@@H]3OC[C@@H](O)[C@H](O)[C@H]3O)C(C)(C)[C@@H]5CC[C@H]4[C@]12C. The van der Waals surface area contributed by atoms with Crippen LogP contribution in [0.2, 0.25) is 0 Å². The minimum atomic E-state index is -1.30. The van der Waals surface area contributed by atoms with Crippen molar-refractivity contribution in [3.05, 3.63) is 0 Å². The fourth-order valence-electron chi connectivity index (χ4n) is 14.2. The zero-order valence-electron chi connectivity index (χ0n) is 29.6. The molecule has 2 spiro atoms. The smallest absolute Gasteiger partial charge is 0.303 e. The highest BCUT2D eigenvalue weighted by molar-refractivity contribution is 5.66. The van der Waals surface area contributed by atoms with E-state index in [9.17, 15) is 25.2 Å². The Morgan fingerprint density at radius 2 is 1.55 bits per heavy atom. The van der Waals surface area contributed by atoms with Crippen molar-refractivity contribution in [3.8, 4) is 0 Å². The summed E-state index contributed by atoms with van der Waals surface area (Å²) in [5.74, 6) is -0.632. The summed E-state index contributed by atoms with van der Waals surface area (Å²) in [4.78, 5) is 12.9. The Morgan fingerprint density at radius 3 is 2.23 bits per heavy atom. The number of fused-ring (bicyclic) bond motifs is 7. The summed E-state index contributed by atoms with van der Waals surface area (Å²) in [6.45, 7) is 16.6.